The van der Waals surface area contributed by atoms with Crippen LogP contribution in [0.4, 0.5) is 0 Å². The van der Waals surface area contributed by atoms with Crippen LogP contribution in [0.25, 0.3) is 0 Å². The van der Waals surface area contributed by atoms with Crippen molar-refractivity contribution in [1.82, 2.24) is 10.6 Å². The summed E-state index contributed by atoms with van der Waals surface area (Å²) in [5.41, 5.74) is 0. The smallest absolute Gasteiger partial charge is 0.306 e. The Morgan fingerprint density at radius 1 is 1.35 bits per heavy atom. The Labute approximate surface area is 119 Å². The van der Waals surface area contributed by atoms with E-state index in [1.165, 1.54) is 0 Å². The Balaban J connectivity index is 1.79. The highest BCUT2D eigenvalue weighted by Gasteiger charge is 2.33. The van der Waals surface area contributed by atoms with Crippen LogP contribution in [-0.2, 0) is 14.3 Å². The highest BCUT2D eigenvalue weighted by Crippen LogP contribution is 2.29. The number of carboxylic acids is 1. The van der Waals surface area contributed by atoms with Crippen LogP contribution in [0.1, 0.15) is 32.1 Å². The topological polar surface area (TPSA) is 87.7 Å². The van der Waals surface area contributed by atoms with Crippen molar-refractivity contribution in [2.24, 2.45) is 11.8 Å². The zero-order chi connectivity index (χ0) is 14.5. The van der Waals surface area contributed by atoms with Crippen molar-refractivity contribution in [2.45, 2.75) is 44.2 Å². The van der Waals surface area contributed by atoms with E-state index >= 15 is 0 Å². The molecule has 4 unspecified atom stereocenters. The lowest BCUT2D eigenvalue weighted by Gasteiger charge is -2.29. The molecule has 6 nitrogen and oxygen atoms in total. The van der Waals surface area contributed by atoms with Gasteiger partial charge in [-0.05, 0) is 25.2 Å². The summed E-state index contributed by atoms with van der Waals surface area (Å²) in [7, 11) is 1.64. The van der Waals surface area contributed by atoms with Gasteiger partial charge >= 0.3 is 5.97 Å². The van der Waals surface area contributed by atoms with Crippen molar-refractivity contribution in [1.29, 1.82) is 0 Å². The number of carbonyl (C=O) groups excluding carboxylic acids is 1. The highest BCUT2D eigenvalue weighted by atomic mass is 16.5. The van der Waals surface area contributed by atoms with E-state index in [-0.39, 0.29) is 29.9 Å². The molecule has 0 aromatic carbocycles. The van der Waals surface area contributed by atoms with Gasteiger partial charge < -0.3 is 20.5 Å². The zero-order valence-corrected chi connectivity index (χ0v) is 11.9. The maximum absolute atomic E-state index is 12.0. The molecule has 0 aromatic rings. The van der Waals surface area contributed by atoms with Gasteiger partial charge in [-0.2, -0.15) is 0 Å². The van der Waals surface area contributed by atoms with E-state index in [2.05, 4.69) is 10.6 Å². The molecule has 4 atom stereocenters. The molecule has 6 heteroatoms. The van der Waals surface area contributed by atoms with Gasteiger partial charge in [0.2, 0.25) is 5.91 Å². The van der Waals surface area contributed by atoms with Crippen molar-refractivity contribution in [2.75, 3.05) is 20.2 Å². The van der Waals surface area contributed by atoms with Gasteiger partial charge in [0.25, 0.3) is 0 Å². The second-order valence-electron chi connectivity index (χ2n) is 5.79. The minimum Gasteiger partial charge on any atom is -0.481 e. The van der Waals surface area contributed by atoms with E-state index in [0.29, 0.717) is 19.5 Å². The summed E-state index contributed by atoms with van der Waals surface area (Å²) in [5, 5.41) is 15.2. The Morgan fingerprint density at radius 2 is 2.10 bits per heavy atom. The van der Waals surface area contributed by atoms with Gasteiger partial charge in [-0.25, -0.2) is 0 Å². The molecule has 1 saturated heterocycles. The molecule has 1 amide bonds. The molecule has 20 heavy (non-hydrogen) atoms. The van der Waals surface area contributed by atoms with E-state index < -0.39 is 5.97 Å². The summed E-state index contributed by atoms with van der Waals surface area (Å²) in [4.78, 5) is 23.3. The van der Waals surface area contributed by atoms with Crippen molar-refractivity contribution >= 4 is 11.9 Å². The molecule has 2 aliphatic rings. The van der Waals surface area contributed by atoms with E-state index in [0.717, 1.165) is 25.7 Å². The molecule has 1 saturated carbocycles. The second-order valence-corrected chi connectivity index (χ2v) is 5.79. The average molecular weight is 284 g/mol. The number of carboxylic acid groups (broad SMARTS) is 1. The first-order valence-electron chi connectivity index (χ1n) is 7.38. The number of methoxy groups -OCH3 is 1. The van der Waals surface area contributed by atoms with Gasteiger partial charge in [-0.3, -0.25) is 9.59 Å². The molecular weight excluding hydrogens is 260 g/mol. The third kappa shape index (κ3) is 3.70. The minimum absolute atomic E-state index is 0.0423. The Bertz CT molecular complexity index is 361. The van der Waals surface area contributed by atoms with Crippen LogP contribution in [-0.4, -0.2) is 49.3 Å². The van der Waals surface area contributed by atoms with Crippen molar-refractivity contribution in [3.8, 4) is 0 Å². The number of hydrogen-bond donors (Lipinski definition) is 3. The lowest BCUT2D eigenvalue weighted by atomic mass is 9.79. The van der Waals surface area contributed by atoms with E-state index in [4.69, 9.17) is 4.74 Å². The number of aliphatic carboxylic acids is 1. The molecule has 0 radical (unpaired) electrons. The summed E-state index contributed by atoms with van der Waals surface area (Å²) < 4.78 is 5.21. The Morgan fingerprint density at radius 3 is 2.75 bits per heavy atom. The molecule has 1 aliphatic carbocycles. The number of ether oxygens (including phenoxy) is 1. The lowest BCUT2D eigenvalue weighted by molar-refractivity contribution is -0.145. The molecular formula is C14H24N2O4. The summed E-state index contributed by atoms with van der Waals surface area (Å²) >= 11 is 0. The van der Waals surface area contributed by atoms with Crippen LogP contribution in [0.5, 0.6) is 0 Å². The zero-order valence-electron chi connectivity index (χ0n) is 11.9. The minimum atomic E-state index is -0.734. The number of nitrogens with one attached hydrogen (secondary N) is 2. The normalized spacial score (nSPS) is 33.9. The molecule has 3 N–H and O–H groups in total. The predicted octanol–water partition coefficient (Wildman–Crippen LogP) is 0.370. The van der Waals surface area contributed by atoms with Gasteiger partial charge in [0, 0.05) is 20.2 Å². The summed E-state index contributed by atoms with van der Waals surface area (Å²) in [6.07, 6.45) is 4.40. The van der Waals surface area contributed by atoms with Crippen LogP contribution < -0.4 is 10.6 Å². The quantitative estimate of drug-likeness (QED) is 0.679. The second kappa shape index (κ2) is 7.04. The molecule has 0 aromatic heterocycles. The fourth-order valence-corrected chi connectivity index (χ4v) is 3.21. The summed E-state index contributed by atoms with van der Waals surface area (Å²) in [5.74, 6) is -1.03. The number of hydrogen-bond acceptors (Lipinski definition) is 4. The first-order valence-corrected chi connectivity index (χ1v) is 7.38. The fraction of sp³-hybridized carbons (Fsp3) is 0.857. The maximum Gasteiger partial charge on any atom is 0.306 e. The number of rotatable bonds is 5. The van der Waals surface area contributed by atoms with Gasteiger partial charge in [0.05, 0.1) is 18.1 Å². The van der Waals surface area contributed by atoms with E-state index in [9.17, 15) is 14.7 Å². The standard InChI is InChI=1S/C14H24N2O4/c1-20-10-6-12(15-8-10)13(17)16-7-9-4-2-3-5-11(9)14(18)19/h9-12,15H,2-8H2,1H3,(H,16,17)(H,18,19). The fourth-order valence-electron chi connectivity index (χ4n) is 3.21. The SMILES string of the molecule is COC1CNC(C(=O)NCC2CCCCC2C(=O)O)C1. The van der Waals surface area contributed by atoms with Crippen LogP contribution >= 0.6 is 0 Å². The van der Waals surface area contributed by atoms with Crippen LogP contribution in [0.3, 0.4) is 0 Å². The summed E-state index contributed by atoms with van der Waals surface area (Å²) in [6.45, 7) is 1.15. The van der Waals surface area contributed by atoms with Crippen molar-refractivity contribution in [3.63, 3.8) is 0 Å². The van der Waals surface area contributed by atoms with Gasteiger partial charge in [-0.15, -0.1) is 0 Å². The number of carbonyl (C=O) groups is 2. The largest absolute Gasteiger partial charge is 0.481 e. The third-order valence-electron chi connectivity index (χ3n) is 4.51. The molecule has 0 spiro atoms. The molecule has 2 fully saturated rings. The first-order chi connectivity index (χ1) is 9.61. The first kappa shape index (κ1) is 15.3. The van der Waals surface area contributed by atoms with Crippen molar-refractivity contribution in [3.05, 3.63) is 0 Å². The molecule has 1 heterocycles. The third-order valence-corrected chi connectivity index (χ3v) is 4.51. The van der Waals surface area contributed by atoms with Gasteiger partial charge in [0.1, 0.15) is 0 Å². The van der Waals surface area contributed by atoms with E-state index in [1.54, 1.807) is 7.11 Å². The molecule has 114 valence electrons. The highest BCUT2D eigenvalue weighted by molar-refractivity contribution is 5.82. The van der Waals surface area contributed by atoms with Crippen LogP contribution in [0.15, 0.2) is 0 Å². The maximum atomic E-state index is 12.0. The van der Waals surface area contributed by atoms with Crippen LogP contribution in [0.2, 0.25) is 0 Å². The molecule has 2 rings (SSSR count). The van der Waals surface area contributed by atoms with Crippen LogP contribution in [0, 0.1) is 11.8 Å². The van der Waals surface area contributed by atoms with Gasteiger partial charge in [-0.1, -0.05) is 12.8 Å². The average Bonchev–Trinajstić information content (AvgIpc) is 2.94. The Hall–Kier alpha value is -1.14. The lowest BCUT2D eigenvalue weighted by Crippen LogP contribution is -2.44. The van der Waals surface area contributed by atoms with Gasteiger partial charge in [0.15, 0.2) is 0 Å². The van der Waals surface area contributed by atoms with E-state index in [1.807, 2.05) is 0 Å². The molecule has 0 bridgehead atoms. The monoisotopic (exact) mass is 284 g/mol. The summed E-state index contributed by atoms with van der Waals surface area (Å²) in [6, 6.07) is -0.216. The number of amides is 1. The predicted molar refractivity (Wildman–Crippen MR) is 73.3 cm³/mol. The Kier molecular flexibility index (Phi) is 5.37. The molecule has 1 aliphatic heterocycles. The van der Waals surface area contributed by atoms with Crippen molar-refractivity contribution < 1.29 is 19.4 Å².